The third-order valence-electron chi connectivity index (χ3n) is 3.85. The molecule has 1 saturated heterocycles. The number of aryl methyl sites for hydroxylation is 1. The molecule has 19 heavy (non-hydrogen) atoms. The van der Waals surface area contributed by atoms with E-state index in [-0.39, 0.29) is 0 Å². The molecule has 0 radical (unpaired) electrons. The molecule has 0 aliphatic carbocycles. The largest absolute Gasteiger partial charge is 0.353 e. The van der Waals surface area contributed by atoms with Gasteiger partial charge in [0.2, 0.25) is 0 Å². The molecule has 1 atom stereocenters. The van der Waals surface area contributed by atoms with Gasteiger partial charge in [0.05, 0.1) is 11.6 Å². The summed E-state index contributed by atoms with van der Waals surface area (Å²) < 4.78 is 1.79. The molecule has 1 unspecified atom stereocenters. The Balaban J connectivity index is 2.01. The van der Waals surface area contributed by atoms with Crippen molar-refractivity contribution in [2.24, 2.45) is 7.05 Å². The molecule has 0 bridgehead atoms. The number of hydrogen-bond acceptors (Lipinski definition) is 4. The summed E-state index contributed by atoms with van der Waals surface area (Å²) in [5, 5.41) is 5.32. The summed E-state index contributed by atoms with van der Waals surface area (Å²) in [5.41, 5.74) is 0.889. The van der Waals surface area contributed by atoms with Gasteiger partial charge < -0.3 is 4.90 Å². The number of anilines is 1. The fourth-order valence-corrected chi connectivity index (χ4v) is 3.14. The highest BCUT2D eigenvalue weighted by molar-refractivity contribution is 6.17. The van der Waals surface area contributed by atoms with Crippen LogP contribution in [-0.2, 0) is 7.05 Å². The van der Waals surface area contributed by atoms with E-state index >= 15 is 0 Å². The van der Waals surface area contributed by atoms with Gasteiger partial charge in [-0.25, -0.2) is 9.97 Å². The Labute approximate surface area is 117 Å². The van der Waals surface area contributed by atoms with E-state index < -0.39 is 0 Å². The van der Waals surface area contributed by atoms with Gasteiger partial charge in [-0.2, -0.15) is 5.10 Å². The number of fused-ring (bicyclic) bond motifs is 1. The molecule has 2 aromatic rings. The maximum absolute atomic E-state index is 5.93. The molecule has 0 N–H and O–H groups in total. The van der Waals surface area contributed by atoms with Gasteiger partial charge in [0, 0.05) is 25.5 Å². The predicted octanol–water partition coefficient (Wildman–Crippen LogP) is 2.35. The maximum Gasteiger partial charge on any atom is 0.163 e. The number of halogens is 1. The first-order valence-electron chi connectivity index (χ1n) is 6.76. The highest BCUT2D eigenvalue weighted by Gasteiger charge is 2.25. The Morgan fingerprint density at radius 3 is 3.11 bits per heavy atom. The minimum atomic E-state index is 0.490. The monoisotopic (exact) mass is 279 g/mol. The first-order valence-corrected chi connectivity index (χ1v) is 7.30. The van der Waals surface area contributed by atoms with Crippen molar-refractivity contribution in [1.29, 1.82) is 0 Å². The molecule has 1 aliphatic heterocycles. The zero-order chi connectivity index (χ0) is 13.2. The highest BCUT2D eigenvalue weighted by Crippen LogP contribution is 2.29. The number of rotatable bonds is 3. The minimum absolute atomic E-state index is 0.490. The first kappa shape index (κ1) is 12.7. The summed E-state index contributed by atoms with van der Waals surface area (Å²) in [6, 6.07) is 0.490. The first-order chi connectivity index (χ1) is 9.31. The van der Waals surface area contributed by atoms with Crippen LogP contribution in [0, 0.1) is 0 Å². The standard InChI is InChI=1S/C13H18ClN5/c1-18-12-11(8-17-18)13(16-9-15-12)19-7-3-2-4-10(19)5-6-14/h8-10H,2-7H2,1H3. The van der Waals surface area contributed by atoms with Crippen LogP contribution in [0.4, 0.5) is 5.82 Å². The summed E-state index contributed by atoms with van der Waals surface area (Å²) in [4.78, 5) is 11.2. The highest BCUT2D eigenvalue weighted by atomic mass is 35.5. The molecule has 6 heteroatoms. The number of piperidine rings is 1. The lowest BCUT2D eigenvalue weighted by Crippen LogP contribution is -2.40. The molecule has 1 aliphatic rings. The average molecular weight is 280 g/mol. The summed E-state index contributed by atoms with van der Waals surface area (Å²) in [5.74, 6) is 1.70. The molecule has 0 aromatic carbocycles. The normalized spacial score (nSPS) is 20.1. The van der Waals surface area contributed by atoms with Gasteiger partial charge in [-0.3, -0.25) is 4.68 Å². The molecule has 102 valence electrons. The van der Waals surface area contributed by atoms with Crippen molar-refractivity contribution in [3.63, 3.8) is 0 Å². The minimum Gasteiger partial charge on any atom is -0.353 e. The van der Waals surface area contributed by atoms with Crippen LogP contribution in [-0.4, -0.2) is 38.2 Å². The number of hydrogen-bond donors (Lipinski definition) is 0. The van der Waals surface area contributed by atoms with Crippen molar-refractivity contribution in [3.05, 3.63) is 12.5 Å². The van der Waals surface area contributed by atoms with Gasteiger partial charge in [0.25, 0.3) is 0 Å². The number of nitrogens with zero attached hydrogens (tertiary/aromatic N) is 5. The van der Waals surface area contributed by atoms with Crippen molar-refractivity contribution in [3.8, 4) is 0 Å². The van der Waals surface area contributed by atoms with E-state index in [9.17, 15) is 0 Å². The van der Waals surface area contributed by atoms with Gasteiger partial charge in [-0.15, -0.1) is 11.6 Å². The van der Waals surface area contributed by atoms with Gasteiger partial charge in [-0.05, 0) is 25.7 Å². The van der Waals surface area contributed by atoms with Crippen LogP contribution >= 0.6 is 11.6 Å². The summed E-state index contributed by atoms with van der Waals surface area (Å²) in [6.45, 7) is 1.04. The van der Waals surface area contributed by atoms with Gasteiger partial charge in [0.15, 0.2) is 5.65 Å². The lowest BCUT2D eigenvalue weighted by molar-refractivity contribution is 0.449. The Kier molecular flexibility index (Phi) is 3.55. The summed E-state index contributed by atoms with van der Waals surface area (Å²) >= 11 is 5.93. The van der Waals surface area contributed by atoms with Crippen molar-refractivity contribution < 1.29 is 0 Å². The Hall–Kier alpha value is -1.36. The Morgan fingerprint density at radius 2 is 2.26 bits per heavy atom. The summed E-state index contributed by atoms with van der Waals surface area (Å²) in [7, 11) is 1.91. The van der Waals surface area contributed by atoms with Gasteiger partial charge in [-0.1, -0.05) is 0 Å². The van der Waals surface area contributed by atoms with Crippen LogP contribution in [0.1, 0.15) is 25.7 Å². The molecule has 1 fully saturated rings. The van der Waals surface area contributed by atoms with Crippen molar-refractivity contribution in [1.82, 2.24) is 19.7 Å². The van der Waals surface area contributed by atoms with Crippen LogP contribution in [0.2, 0.25) is 0 Å². The lowest BCUT2D eigenvalue weighted by Gasteiger charge is -2.36. The third kappa shape index (κ3) is 2.27. The average Bonchev–Trinajstić information content (AvgIpc) is 2.82. The fraction of sp³-hybridized carbons (Fsp3) is 0.615. The fourth-order valence-electron chi connectivity index (χ4n) is 2.88. The van der Waals surface area contributed by atoms with Gasteiger partial charge >= 0.3 is 0 Å². The van der Waals surface area contributed by atoms with E-state index in [0.717, 1.165) is 29.8 Å². The number of aromatic nitrogens is 4. The van der Waals surface area contributed by atoms with Crippen molar-refractivity contribution >= 4 is 28.5 Å². The number of alkyl halides is 1. The summed E-state index contributed by atoms with van der Waals surface area (Å²) in [6.07, 6.45) is 8.18. The molecule has 3 rings (SSSR count). The second-order valence-corrected chi connectivity index (χ2v) is 5.40. The topological polar surface area (TPSA) is 46.8 Å². The molecule has 0 amide bonds. The van der Waals surface area contributed by atoms with E-state index in [2.05, 4.69) is 20.0 Å². The second kappa shape index (κ2) is 5.33. The van der Waals surface area contributed by atoms with Crippen LogP contribution in [0.5, 0.6) is 0 Å². The van der Waals surface area contributed by atoms with Crippen LogP contribution in [0.15, 0.2) is 12.5 Å². The van der Waals surface area contributed by atoms with E-state index in [0.29, 0.717) is 11.9 Å². The predicted molar refractivity (Wildman–Crippen MR) is 76.6 cm³/mol. The molecular weight excluding hydrogens is 262 g/mol. The Morgan fingerprint density at radius 1 is 1.37 bits per heavy atom. The zero-order valence-electron chi connectivity index (χ0n) is 11.1. The van der Waals surface area contributed by atoms with Crippen LogP contribution < -0.4 is 4.90 Å². The molecule has 5 nitrogen and oxygen atoms in total. The molecule has 0 saturated carbocycles. The van der Waals surface area contributed by atoms with E-state index in [1.165, 1.54) is 19.3 Å². The second-order valence-electron chi connectivity index (χ2n) is 5.02. The SMILES string of the molecule is Cn1ncc2c(N3CCCCC3CCCl)ncnc21. The van der Waals surface area contributed by atoms with Crippen LogP contribution in [0.3, 0.4) is 0 Å². The van der Waals surface area contributed by atoms with Gasteiger partial charge in [0.1, 0.15) is 12.1 Å². The zero-order valence-corrected chi connectivity index (χ0v) is 11.8. The molecule has 0 spiro atoms. The molecule has 3 heterocycles. The quantitative estimate of drug-likeness (QED) is 0.809. The van der Waals surface area contributed by atoms with Crippen molar-refractivity contribution in [2.75, 3.05) is 17.3 Å². The third-order valence-corrected chi connectivity index (χ3v) is 4.07. The maximum atomic E-state index is 5.93. The van der Waals surface area contributed by atoms with Crippen LogP contribution in [0.25, 0.3) is 11.0 Å². The van der Waals surface area contributed by atoms with E-state index in [1.807, 2.05) is 13.2 Å². The lowest BCUT2D eigenvalue weighted by atomic mass is 10.00. The van der Waals surface area contributed by atoms with E-state index in [1.54, 1.807) is 11.0 Å². The Bertz CT molecular complexity index is 565. The van der Waals surface area contributed by atoms with E-state index in [4.69, 9.17) is 11.6 Å². The molecular formula is C13H18ClN5. The smallest absolute Gasteiger partial charge is 0.163 e. The molecule has 2 aromatic heterocycles. The van der Waals surface area contributed by atoms with Crippen molar-refractivity contribution in [2.45, 2.75) is 31.7 Å².